The maximum Gasteiger partial charge on any atom is 2.00 e. The van der Waals surface area contributed by atoms with Gasteiger partial charge >= 0.3 is 21.1 Å². The Hall–Kier alpha value is -2.33. The minimum Gasteiger partial charge on any atom is -0.859 e. The van der Waals surface area contributed by atoms with E-state index in [2.05, 4.69) is 0 Å². The molecule has 21 heavy (non-hydrogen) atoms. The second-order valence-corrected chi connectivity index (χ2v) is 3.83. The molecule has 0 amide bonds. The van der Waals surface area contributed by atoms with Crippen LogP contribution < -0.4 is 21.7 Å². The van der Waals surface area contributed by atoms with E-state index < -0.39 is 11.8 Å². The molecule has 2 rings (SSSR count). The number of benzene rings is 2. The Bertz CT molecular complexity index is 576. The molecule has 7 heteroatoms. The summed E-state index contributed by atoms with van der Waals surface area (Å²) in [4.78, 5) is 0. The van der Waals surface area contributed by atoms with Gasteiger partial charge in [-0.3, -0.25) is 0 Å². The normalized spacial score (nSPS) is 8.76. The van der Waals surface area contributed by atoms with E-state index in [0.29, 0.717) is 11.4 Å². The molecule has 112 valence electrons. The average Bonchev–Trinajstić information content (AvgIpc) is 2.40. The largest absolute Gasteiger partial charge is 2.00 e. The van der Waals surface area contributed by atoms with Gasteiger partial charge < -0.3 is 32.5 Å². The van der Waals surface area contributed by atoms with Crippen molar-refractivity contribution in [3.05, 3.63) is 59.7 Å². The third-order valence-electron chi connectivity index (χ3n) is 2.41. The summed E-state index contributed by atoms with van der Waals surface area (Å²) in [6.45, 7) is 0. The fraction of sp³-hybridized carbons (Fsp3) is 0. The molecular weight excluding hydrogens is 451 g/mol. The van der Waals surface area contributed by atoms with Crippen LogP contribution in [0.1, 0.15) is 11.1 Å². The van der Waals surface area contributed by atoms with E-state index in [-0.39, 0.29) is 32.2 Å². The number of rotatable bonds is 2. The molecular formula is C14H14N4O2Pt. The van der Waals surface area contributed by atoms with Crippen LogP contribution in [-0.4, -0.2) is 11.8 Å². The predicted octanol–water partition coefficient (Wildman–Crippen LogP) is -0.0936. The molecule has 0 fully saturated rings. The van der Waals surface area contributed by atoms with Crippen LogP contribution in [0.2, 0.25) is 0 Å². The summed E-state index contributed by atoms with van der Waals surface area (Å²) in [5.41, 5.74) is 12.0. The molecule has 0 atom stereocenters. The topological polar surface area (TPSA) is 146 Å². The zero-order valence-corrected chi connectivity index (χ0v) is 13.2. The first-order chi connectivity index (χ1) is 9.43. The number of para-hydroxylation sites is 2. The zero-order chi connectivity index (χ0) is 15.1. The second kappa shape index (κ2) is 8.76. The van der Waals surface area contributed by atoms with Crippen molar-refractivity contribution in [2.75, 3.05) is 11.5 Å². The number of nitrogens with two attached hydrogens (primary N) is 2. The van der Waals surface area contributed by atoms with Crippen molar-refractivity contribution in [3.8, 4) is 0 Å². The first kappa shape index (κ1) is 18.7. The summed E-state index contributed by atoms with van der Waals surface area (Å²) >= 11 is 0. The van der Waals surface area contributed by atoms with E-state index in [9.17, 15) is 10.2 Å². The minimum atomic E-state index is -0.738. The molecule has 0 saturated carbocycles. The molecule has 0 aromatic heterocycles. The van der Waals surface area contributed by atoms with Crippen LogP contribution >= 0.6 is 0 Å². The molecule has 0 unspecified atom stereocenters. The maximum atomic E-state index is 10.5. The van der Waals surface area contributed by atoms with E-state index >= 15 is 0 Å². The molecule has 0 radical (unpaired) electrons. The summed E-state index contributed by atoms with van der Waals surface area (Å²) in [7, 11) is 0. The van der Waals surface area contributed by atoms with Crippen molar-refractivity contribution in [1.29, 1.82) is 10.8 Å². The standard InChI is InChI=1S/2C7H8N2O.Pt/c2*8-6-4-2-1-3-5(6)7(9)10;/h2*1-4H,8H2,(H2,9,10);/q;;+2/p-2. The number of anilines is 2. The van der Waals surface area contributed by atoms with Crippen LogP contribution in [0.3, 0.4) is 0 Å². The third-order valence-corrected chi connectivity index (χ3v) is 2.41. The summed E-state index contributed by atoms with van der Waals surface area (Å²) < 4.78 is 0. The average molecular weight is 465 g/mol. The first-order valence-electron chi connectivity index (χ1n) is 5.64. The monoisotopic (exact) mass is 465 g/mol. The number of hydrogen-bond acceptors (Lipinski definition) is 6. The fourth-order valence-electron chi connectivity index (χ4n) is 1.41. The van der Waals surface area contributed by atoms with Crippen LogP contribution in [0.25, 0.3) is 0 Å². The van der Waals surface area contributed by atoms with Crippen LogP contribution in [0, 0.1) is 10.8 Å². The molecule has 2 aromatic rings. The molecule has 0 aliphatic heterocycles. The van der Waals surface area contributed by atoms with Gasteiger partial charge in [-0.2, -0.15) is 0 Å². The predicted molar refractivity (Wildman–Crippen MR) is 75.4 cm³/mol. The minimum absolute atomic E-state index is 0. The Kier molecular flexibility index (Phi) is 7.79. The van der Waals surface area contributed by atoms with E-state index in [1.54, 1.807) is 36.4 Å². The van der Waals surface area contributed by atoms with Crippen molar-refractivity contribution in [1.82, 2.24) is 0 Å². The summed E-state index contributed by atoms with van der Waals surface area (Å²) in [5, 5.41) is 34.4. The SMILES string of the molecule is N=C([O-])c1ccccc1N.N=C([O-])c1ccccc1N.[Pt+2]. The number of nitrogen functional groups attached to an aromatic ring is 2. The Morgan fingerprint density at radius 1 is 0.714 bits per heavy atom. The maximum absolute atomic E-state index is 10.5. The Morgan fingerprint density at radius 3 is 1.19 bits per heavy atom. The van der Waals surface area contributed by atoms with Gasteiger partial charge in [0.05, 0.1) is 0 Å². The van der Waals surface area contributed by atoms with E-state index in [0.717, 1.165) is 0 Å². The van der Waals surface area contributed by atoms with Crippen LogP contribution in [0.4, 0.5) is 11.4 Å². The first-order valence-corrected chi connectivity index (χ1v) is 5.64. The second-order valence-electron chi connectivity index (χ2n) is 3.83. The summed E-state index contributed by atoms with van der Waals surface area (Å²) in [5.74, 6) is -1.48. The molecule has 0 heterocycles. The van der Waals surface area contributed by atoms with Gasteiger partial charge in [0.1, 0.15) is 0 Å². The smallest absolute Gasteiger partial charge is 0.859 e. The fourth-order valence-corrected chi connectivity index (χ4v) is 1.41. The number of nitrogens with one attached hydrogen (secondary N) is 2. The molecule has 0 spiro atoms. The number of hydrogen-bond donors (Lipinski definition) is 4. The van der Waals surface area contributed by atoms with Crippen molar-refractivity contribution in [2.45, 2.75) is 0 Å². The Balaban J connectivity index is 0.000000364. The van der Waals surface area contributed by atoms with E-state index in [4.69, 9.17) is 22.3 Å². The Labute approximate surface area is 136 Å². The van der Waals surface area contributed by atoms with Gasteiger partial charge in [0.25, 0.3) is 0 Å². The van der Waals surface area contributed by atoms with Crippen molar-refractivity contribution >= 4 is 23.2 Å². The molecule has 0 aliphatic carbocycles. The van der Waals surface area contributed by atoms with Crippen molar-refractivity contribution in [3.63, 3.8) is 0 Å². The molecule has 0 aliphatic rings. The van der Waals surface area contributed by atoms with Gasteiger partial charge in [0.15, 0.2) is 0 Å². The van der Waals surface area contributed by atoms with E-state index in [1.807, 2.05) is 0 Å². The van der Waals surface area contributed by atoms with Gasteiger partial charge in [-0.25, -0.2) is 0 Å². The van der Waals surface area contributed by atoms with Gasteiger partial charge in [-0.15, -0.1) is 0 Å². The third kappa shape index (κ3) is 5.67. The molecule has 0 saturated heterocycles. The van der Waals surface area contributed by atoms with Crippen molar-refractivity contribution in [2.24, 2.45) is 0 Å². The van der Waals surface area contributed by atoms with Gasteiger partial charge in [0, 0.05) is 22.5 Å². The molecule has 6 nitrogen and oxygen atoms in total. The molecule has 6 N–H and O–H groups in total. The van der Waals surface area contributed by atoms with Crippen LogP contribution in [0.15, 0.2) is 48.5 Å². The summed E-state index contributed by atoms with van der Waals surface area (Å²) in [6.07, 6.45) is 0. The van der Waals surface area contributed by atoms with Gasteiger partial charge in [-0.1, -0.05) is 36.4 Å². The van der Waals surface area contributed by atoms with Crippen LogP contribution in [-0.2, 0) is 21.1 Å². The van der Waals surface area contributed by atoms with Gasteiger partial charge in [0.2, 0.25) is 0 Å². The molecule has 0 bridgehead atoms. The van der Waals surface area contributed by atoms with Crippen molar-refractivity contribution < 1.29 is 31.3 Å². The van der Waals surface area contributed by atoms with Crippen LogP contribution in [0.5, 0.6) is 0 Å². The Morgan fingerprint density at radius 2 is 1.00 bits per heavy atom. The summed E-state index contributed by atoms with van der Waals surface area (Å²) in [6, 6.07) is 13.1. The van der Waals surface area contributed by atoms with Gasteiger partial charge in [-0.05, 0) is 23.9 Å². The molecule has 2 aromatic carbocycles. The quantitative estimate of drug-likeness (QED) is 0.279. The van der Waals surface area contributed by atoms with E-state index in [1.165, 1.54) is 12.1 Å². The zero-order valence-electron chi connectivity index (χ0n) is 10.9.